The van der Waals surface area contributed by atoms with Crippen LogP contribution in [0.4, 0.5) is 13.2 Å². The Morgan fingerprint density at radius 1 is 1.12 bits per heavy atom. The highest BCUT2D eigenvalue weighted by molar-refractivity contribution is 9.09. The van der Waals surface area contributed by atoms with Crippen molar-refractivity contribution in [3.8, 4) is 0 Å². The van der Waals surface area contributed by atoms with Gasteiger partial charge in [0.25, 0.3) is 5.60 Å². The van der Waals surface area contributed by atoms with Crippen molar-refractivity contribution in [2.24, 2.45) is 5.16 Å². The number of nitrogens with zero attached hydrogens (tertiary/aromatic N) is 1. The van der Waals surface area contributed by atoms with E-state index in [1.165, 1.54) is 18.2 Å². The maximum atomic E-state index is 13.9. The largest absolute Gasteiger partial charge is 0.435 e. The van der Waals surface area contributed by atoms with Crippen molar-refractivity contribution in [3.63, 3.8) is 0 Å². The van der Waals surface area contributed by atoms with Crippen LogP contribution in [0.1, 0.15) is 34.9 Å². The smallest absolute Gasteiger partial charge is 0.374 e. The van der Waals surface area contributed by atoms with Gasteiger partial charge in [-0.05, 0) is 36.2 Å². The van der Waals surface area contributed by atoms with Crippen molar-refractivity contribution in [2.75, 3.05) is 0 Å². The molecule has 26 heavy (non-hydrogen) atoms. The zero-order valence-electron chi connectivity index (χ0n) is 13.4. The van der Waals surface area contributed by atoms with E-state index in [0.29, 0.717) is 5.56 Å². The van der Waals surface area contributed by atoms with Gasteiger partial charge in [-0.3, -0.25) is 0 Å². The van der Waals surface area contributed by atoms with E-state index < -0.39 is 18.2 Å². The van der Waals surface area contributed by atoms with Crippen LogP contribution in [0.2, 0.25) is 10.0 Å². The van der Waals surface area contributed by atoms with Crippen LogP contribution in [-0.2, 0) is 10.4 Å². The first-order valence-corrected chi connectivity index (χ1v) is 9.32. The van der Waals surface area contributed by atoms with Crippen molar-refractivity contribution in [3.05, 3.63) is 69.2 Å². The highest BCUT2D eigenvalue weighted by Gasteiger charge is 2.62. The number of hydrogen-bond acceptors (Lipinski definition) is 2. The van der Waals surface area contributed by atoms with Crippen LogP contribution in [0, 0.1) is 0 Å². The fraction of sp³-hybridized carbons (Fsp3) is 0.278. The molecule has 2 nitrogen and oxygen atoms in total. The lowest BCUT2D eigenvalue weighted by atomic mass is 9.86. The third-order valence-electron chi connectivity index (χ3n) is 4.22. The zero-order valence-corrected chi connectivity index (χ0v) is 16.5. The van der Waals surface area contributed by atoms with E-state index >= 15 is 0 Å². The Labute approximate surface area is 167 Å². The van der Waals surface area contributed by atoms with Crippen LogP contribution in [0.3, 0.4) is 0 Å². The molecule has 2 aromatic rings. The van der Waals surface area contributed by atoms with Crippen LogP contribution >= 0.6 is 39.1 Å². The van der Waals surface area contributed by atoms with Gasteiger partial charge in [-0.2, -0.15) is 13.2 Å². The molecule has 0 radical (unpaired) electrons. The van der Waals surface area contributed by atoms with Crippen LogP contribution in [0.25, 0.3) is 0 Å². The summed E-state index contributed by atoms with van der Waals surface area (Å²) in [6.07, 6.45) is -5.16. The molecule has 1 heterocycles. The van der Waals surface area contributed by atoms with Gasteiger partial charge in [-0.1, -0.05) is 68.6 Å². The molecule has 2 atom stereocenters. The first-order chi connectivity index (χ1) is 12.1. The number of alkyl halides is 4. The topological polar surface area (TPSA) is 21.6 Å². The monoisotopic (exact) mass is 465 g/mol. The second-order valence-corrected chi connectivity index (χ2v) is 8.27. The molecule has 0 saturated heterocycles. The summed E-state index contributed by atoms with van der Waals surface area (Å²) in [6.45, 7) is 1.96. The molecule has 2 unspecified atom stereocenters. The zero-order chi connectivity index (χ0) is 19.1. The van der Waals surface area contributed by atoms with Gasteiger partial charge in [0, 0.05) is 26.9 Å². The average molecular weight is 467 g/mol. The van der Waals surface area contributed by atoms with Gasteiger partial charge in [-0.25, -0.2) is 0 Å². The van der Waals surface area contributed by atoms with Gasteiger partial charge in [0.2, 0.25) is 0 Å². The second-order valence-electron chi connectivity index (χ2n) is 6.03. The standard InChI is InChI=1S/C18H13BrCl2F3NO/c1-10(19)11-2-4-12(5-3-11)16-9-17(26-25-16,18(22,23)24)13-6-14(20)8-15(21)7-13/h2-8,10H,9H2,1H3. The first kappa shape index (κ1) is 19.5. The molecule has 0 N–H and O–H groups in total. The average Bonchev–Trinajstić information content (AvgIpc) is 3.00. The number of hydrogen-bond donors (Lipinski definition) is 0. The normalized spacial score (nSPS) is 21.3. The van der Waals surface area contributed by atoms with Gasteiger partial charge < -0.3 is 4.84 Å². The van der Waals surface area contributed by atoms with Crippen molar-refractivity contribution in [1.29, 1.82) is 0 Å². The fourth-order valence-corrected chi connectivity index (χ4v) is 3.62. The van der Waals surface area contributed by atoms with Gasteiger partial charge in [0.05, 0.1) is 5.71 Å². The highest BCUT2D eigenvalue weighted by Crippen LogP contribution is 2.49. The summed E-state index contributed by atoms with van der Waals surface area (Å²) in [5, 5.41) is 3.94. The lowest BCUT2D eigenvalue weighted by Crippen LogP contribution is -2.42. The van der Waals surface area contributed by atoms with E-state index in [0.717, 1.165) is 5.56 Å². The predicted octanol–water partition coefficient (Wildman–Crippen LogP) is 7.03. The van der Waals surface area contributed by atoms with E-state index in [1.54, 1.807) is 12.1 Å². The Morgan fingerprint density at radius 3 is 2.19 bits per heavy atom. The molecule has 0 saturated carbocycles. The number of benzene rings is 2. The van der Waals surface area contributed by atoms with Gasteiger partial charge >= 0.3 is 6.18 Å². The summed E-state index contributed by atoms with van der Waals surface area (Å²) in [5.41, 5.74) is -0.990. The maximum absolute atomic E-state index is 13.9. The molecule has 138 valence electrons. The van der Waals surface area contributed by atoms with Crippen molar-refractivity contribution in [2.45, 2.75) is 29.9 Å². The van der Waals surface area contributed by atoms with Crippen LogP contribution in [0.5, 0.6) is 0 Å². The predicted molar refractivity (Wildman–Crippen MR) is 100 cm³/mol. The molecular formula is C18H13BrCl2F3NO. The number of halogens is 6. The van der Waals surface area contributed by atoms with E-state index in [9.17, 15) is 13.2 Å². The summed E-state index contributed by atoms with van der Waals surface area (Å²) < 4.78 is 41.8. The molecule has 0 spiro atoms. The van der Waals surface area contributed by atoms with Gasteiger partial charge in [0.1, 0.15) is 0 Å². The summed E-state index contributed by atoms with van der Waals surface area (Å²) in [7, 11) is 0. The minimum Gasteiger partial charge on any atom is -0.374 e. The molecule has 8 heteroatoms. The molecule has 0 amide bonds. The van der Waals surface area contributed by atoms with Crippen molar-refractivity contribution >= 4 is 44.8 Å². The molecule has 3 rings (SSSR count). The van der Waals surface area contributed by atoms with Gasteiger partial charge in [0.15, 0.2) is 0 Å². The first-order valence-electron chi connectivity index (χ1n) is 7.65. The SMILES string of the molecule is CC(Br)c1ccc(C2=NOC(c3cc(Cl)cc(Cl)c3)(C(F)(F)F)C2)cc1. The van der Waals surface area contributed by atoms with E-state index in [4.69, 9.17) is 28.0 Å². The lowest BCUT2D eigenvalue weighted by Gasteiger charge is -2.29. The van der Waals surface area contributed by atoms with Crippen molar-refractivity contribution in [1.82, 2.24) is 0 Å². The summed E-state index contributed by atoms with van der Waals surface area (Å²) in [5.74, 6) is 0. The maximum Gasteiger partial charge on any atom is 0.435 e. The minimum absolute atomic E-state index is 0.101. The minimum atomic E-state index is -4.70. The van der Waals surface area contributed by atoms with E-state index in [2.05, 4.69) is 21.1 Å². The molecular weight excluding hydrogens is 454 g/mol. The quantitative estimate of drug-likeness (QED) is 0.445. The number of rotatable bonds is 3. The molecule has 2 aromatic carbocycles. The highest BCUT2D eigenvalue weighted by atomic mass is 79.9. The molecule has 0 aliphatic carbocycles. The molecule has 0 aromatic heterocycles. The Hall–Kier alpha value is -1.24. The fourth-order valence-electron chi connectivity index (χ4n) is 2.79. The van der Waals surface area contributed by atoms with Crippen LogP contribution in [0.15, 0.2) is 47.6 Å². The summed E-state index contributed by atoms with van der Waals surface area (Å²) >= 11 is 15.2. The van der Waals surface area contributed by atoms with Crippen molar-refractivity contribution < 1.29 is 18.0 Å². The molecule has 0 fully saturated rings. The van der Waals surface area contributed by atoms with E-state index in [1.807, 2.05) is 19.1 Å². The van der Waals surface area contributed by atoms with Crippen LogP contribution in [-0.4, -0.2) is 11.9 Å². The second kappa shape index (κ2) is 7.06. The third kappa shape index (κ3) is 3.59. The Kier molecular flexibility index (Phi) is 5.30. The molecule has 0 bridgehead atoms. The summed E-state index contributed by atoms with van der Waals surface area (Å²) in [4.78, 5) is 5.12. The summed E-state index contributed by atoms with van der Waals surface area (Å²) in [6, 6.07) is 10.9. The third-order valence-corrected chi connectivity index (χ3v) is 5.18. The van der Waals surface area contributed by atoms with E-state index in [-0.39, 0.29) is 26.1 Å². The Bertz CT molecular complexity index is 832. The van der Waals surface area contributed by atoms with Gasteiger partial charge in [-0.15, -0.1) is 0 Å². The lowest BCUT2D eigenvalue weighted by molar-refractivity contribution is -0.275. The van der Waals surface area contributed by atoms with Crippen LogP contribution < -0.4 is 0 Å². The molecule has 1 aliphatic rings. The Balaban J connectivity index is 1.98. The number of oxime groups is 1. The Morgan fingerprint density at radius 2 is 1.69 bits per heavy atom. The molecule has 1 aliphatic heterocycles.